The molecule has 2 aliphatic rings. The lowest BCUT2D eigenvalue weighted by Crippen LogP contribution is -2.39. The predicted octanol–water partition coefficient (Wildman–Crippen LogP) is 3.49. The molecule has 0 radical (unpaired) electrons. The van der Waals surface area contributed by atoms with Gasteiger partial charge in [0.05, 0.1) is 5.75 Å². The van der Waals surface area contributed by atoms with E-state index in [4.69, 9.17) is 0 Å². The molecule has 2 amide bonds. The van der Waals surface area contributed by atoms with Gasteiger partial charge in [0, 0.05) is 55.6 Å². The maximum Gasteiger partial charge on any atom is 0.254 e. The Morgan fingerprint density at radius 3 is 2.48 bits per heavy atom. The van der Waals surface area contributed by atoms with E-state index in [-0.39, 0.29) is 23.3 Å². The zero-order valence-electron chi connectivity index (χ0n) is 17.1. The highest BCUT2D eigenvalue weighted by Gasteiger charge is 2.27. The molecule has 4 rings (SSSR count). The van der Waals surface area contributed by atoms with Gasteiger partial charge < -0.3 is 9.80 Å². The third kappa shape index (κ3) is 5.39. The van der Waals surface area contributed by atoms with E-state index in [1.165, 1.54) is 11.8 Å². The van der Waals surface area contributed by atoms with Crippen LogP contribution in [0, 0.1) is 11.6 Å². The molecule has 0 bridgehead atoms. The first-order chi connectivity index (χ1) is 15.0. The van der Waals surface area contributed by atoms with E-state index in [9.17, 15) is 18.4 Å². The molecule has 1 unspecified atom stereocenters. The molecule has 0 aliphatic carbocycles. The minimum absolute atomic E-state index is 0.00717. The maximum atomic E-state index is 13.5. The number of carbonyl (C=O) groups is 2. The molecule has 2 aromatic rings. The average Bonchev–Trinajstić information content (AvgIpc) is 3.32. The van der Waals surface area contributed by atoms with Crippen LogP contribution in [0.5, 0.6) is 0 Å². The molecule has 31 heavy (non-hydrogen) atoms. The predicted molar refractivity (Wildman–Crippen MR) is 113 cm³/mol. The summed E-state index contributed by atoms with van der Waals surface area (Å²) < 4.78 is 27.0. The van der Waals surface area contributed by atoms with E-state index in [2.05, 4.69) is 9.97 Å². The first-order valence-corrected chi connectivity index (χ1v) is 11.5. The second kappa shape index (κ2) is 9.72. The SMILES string of the molecule is O=C(CSc1nccc(C2CCCN(C(=O)c3cc(F)cc(F)c3)C2)n1)N1CCCC1. The molecule has 1 aromatic carbocycles. The van der Waals surface area contributed by atoms with Crippen molar-refractivity contribution >= 4 is 23.6 Å². The zero-order valence-corrected chi connectivity index (χ0v) is 17.9. The smallest absolute Gasteiger partial charge is 0.254 e. The van der Waals surface area contributed by atoms with Crippen LogP contribution in [0.3, 0.4) is 0 Å². The third-order valence-corrected chi connectivity index (χ3v) is 6.52. The molecule has 6 nitrogen and oxygen atoms in total. The Labute approximate surface area is 184 Å². The third-order valence-electron chi connectivity index (χ3n) is 5.67. The minimum atomic E-state index is -0.766. The van der Waals surface area contributed by atoms with Gasteiger partial charge in [0.15, 0.2) is 5.16 Å². The Balaban J connectivity index is 1.40. The summed E-state index contributed by atoms with van der Waals surface area (Å²) in [6.45, 7) is 2.60. The molecule has 3 heterocycles. The van der Waals surface area contributed by atoms with E-state index < -0.39 is 11.6 Å². The molecule has 0 N–H and O–H groups in total. The molecular formula is C22H24F2N4O2S. The van der Waals surface area contributed by atoms with Gasteiger partial charge in [-0.3, -0.25) is 9.59 Å². The molecular weight excluding hydrogens is 422 g/mol. The Kier molecular flexibility index (Phi) is 6.80. The summed E-state index contributed by atoms with van der Waals surface area (Å²) >= 11 is 1.32. The van der Waals surface area contributed by atoms with Crippen molar-refractivity contribution in [1.82, 2.24) is 19.8 Å². The highest BCUT2D eigenvalue weighted by molar-refractivity contribution is 7.99. The van der Waals surface area contributed by atoms with Crippen molar-refractivity contribution in [2.75, 3.05) is 31.9 Å². The lowest BCUT2D eigenvalue weighted by molar-refractivity contribution is -0.127. The van der Waals surface area contributed by atoms with E-state index in [0.29, 0.717) is 24.0 Å². The number of carbonyl (C=O) groups excluding carboxylic acids is 2. The van der Waals surface area contributed by atoms with Gasteiger partial charge in [-0.1, -0.05) is 11.8 Å². The number of hydrogen-bond donors (Lipinski definition) is 0. The van der Waals surface area contributed by atoms with Crippen molar-refractivity contribution < 1.29 is 18.4 Å². The number of benzene rings is 1. The fourth-order valence-corrected chi connectivity index (χ4v) is 4.84. The van der Waals surface area contributed by atoms with Gasteiger partial charge in [0.2, 0.25) is 5.91 Å². The Hall–Kier alpha value is -2.55. The van der Waals surface area contributed by atoms with E-state index in [0.717, 1.165) is 62.7 Å². The van der Waals surface area contributed by atoms with Gasteiger partial charge in [0.1, 0.15) is 11.6 Å². The van der Waals surface area contributed by atoms with Crippen molar-refractivity contribution in [1.29, 1.82) is 0 Å². The first kappa shape index (κ1) is 21.7. The Morgan fingerprint density at radius 2 is 1.74 bits per heavy atom. The number of piperidine rings is 1. The molecule has 0 saturated carbocycles. The summed E-state index contributed by atoms with van der Waals surface area (Å²) in [5, 5.41) is 0.542. The second-order valence-corrected chi connectivity index (χ2v) is 8.83. The van der Waals surface area contributed by atoms with Crippen LogP contribution in [-0.4, -0.2) is 63.5 Å². The van der Waals surface area contributed by atoms with Gasteiger partial charge in [-0.25, -0.2) is 18.7 Å². The van der Waals surface area contributed by atoms with E-state index in [1.807, 2.05) is 11.0 Å². The maximum absolute atomic E-state index is 13.5. The van der Waals surface area contributed by atoms with Gasteiger partial charge in [-0.15, -0.1) is 0 Å². The lowest BCUT2D eigenvalue weighted by Gasteiger charge is -2.32. The first-order valence-electron chi connectivity index (χ1n) is 10.5. The number of thioether (sulfide) groups is 1. The highest BCUT2D eigenvalue weighted by Crippen LogP contribution is 2.28. The molecule has 2 fully saturated rings. The molecule has 1 aromatic heterocycles. The van der Waals surface area contributed by atoms with Gasteiger partial charge in [-0.05, 0) is 43.9 Å². The van der Waals surface area contributed by atoms with Crippen LogP contribution in [0.2, 0.25) is 0 Å². The summed E-state index contributed by atoms with van der Waals surface area (Å²) in [6, 6.07) is 4.70. The van der Waals surface area contributed by atoms with Crippen molar-refractivity contribution in [2.24, 2.45) is 0 Å². The summed E-state index contributed by atoms with van der Waals surface area (Å²) in [5.74, 6) is -1.50. The summed E-state index contributed by atoms with van der Waals surface area (Å²) in [6.07, 6.45) is 5.42. The summed E-state index contributed by atoms with van der Waals surface area (Å²) in [5.41, 5.74) is 0.826. The number of amides is 2. The topological polar surface area (TPSA) is 66.4 Å². The van der Waals surface area contributed by atoms with Crippen LogP contribution < -0.4 is 0 Å². The van der Waals surface area contributed by atoms with Crippen LogP contribution in [0.25, 0.3) is 0 Å². The van der Waals surface area contributed by atoms with Gasteiger partial charge >= 0.3 is 0 Å². The van der Waals surface area contributed by atoms with Gasteiger partial charge in [0.25, 0.3) is 5.91 Å². The zero-order chi connectivity index (χ0) is 21.8. The van der Waals surface area contributed by atoms with Crippen molar-refractivity contribution in [2.45, 2.75) is 36.8 Å². The number of aromatic nitrogens is 2. The van der Waals surface area contributed by atoms with Crippen LogP contribution in [0.1, 0.15) is 47.7 Å². The normalized spacial score (nSPS) is 19.0. The monoisotopic (exact) mass is 446 g/mol. The van der Waals surface area contributed by atoms with Crippen molar-refractivity contribution in [3.8, 4) is 0 Å². The van der Waals surface area contributed by atoms with E-state index in [1.54, 1.807) is 11.1 Å². The van der Waals surface area contributed by atoms with Crippen molar-refractivity contribution in [3.63, 3.8) is 0 Å². The molecule has 2 aliphatic heterocycles. The fourth-order valence-electron chi connectivity index (χ4n) is 4.10. The molecule has 164 valence electrons. The lowest BCUT2D eigenvalue weighted by atomic mass is 9.94. The molecule has 1 atom stereocenters. The van der Waals surface area contributed by atoms with E-state index >= 15 is 0 Å². The average molecular weight is 447 g/mol. The molecule has 9 heteroatoms. The highest BCUT2D eigenvalue weighted by atomic mass is 32.2. The number of hydrogen-bond acceptors (Lipinski definition) is 5. The minimum Gasteiger partial charge on any atom is -0.342 e. The van der Waals surface area contributed by atoms with Crippen LogP contribution in [0.4, 0.5) is 8.78 Å². The van der Waals surface area contributed by atoms with Crippen molar-refractivity contribution in [3.05, 3.63) is 53.4 Å². The summed E-state index contributed by atoms with van der Waals surface area (Å²) in [4.78, 5) is 37.4. The quantitative estimate of drug-likeness (QED) is 0.520. The Morgan fingerprint density at radius 1 is 1.03 bits per heavy atom. The number of rotatable bonds is 5. The van der Waals surface area contributed by atoms with Gasteiger partial charge in [-0.2, -0.15) is 0 Å². The standard InChI is InChI=1S/C22H24F2N4O2S/c23-17-10-16(11-18(24)12-17)21(30)28-9-3-4-15(13-28)19-5-6-25-22(26-19)31-14-20(29)27-7-1-2-8-27/h5-6,10-12,15H,1-4,7-9,13-14H2. The largest absolute Gasteiger partial charge is 0.342 e. The van der Waals surface area contributed by atoms with Crippen LogP contribution in [-0.2, 0) is 4.79 Å². The number of halogens is 2. The number of likely N-dealkylation sites (tertiary alicyclic amines) is 2. The van der Waals surface area contributed by atoms with Crippen LogP contribution >= 0.6 is 11.8 Å². The molecule has 2 saturated heterocycles. The number of nitrogens with zero attached hydrogens (tertiary/aromatic N) is 4. The molecule has 0 spiro atoms. The summed E-state index contributed by atoms with van der Waals surface area (Å²) in [7, 11) is 0. The second-order valence-electron chi connectivity index (χ2n) is 7.89. The fraction of sp³-hybridized carbons (Fsp3) is 0.455. The van der Waals surface area contributed by atoms with Crippen LogP contribution in [0.15, 0.2) is 35.6 Å². The Bertz CT molecular complexity index is 948.